The molecule has 0 aromatic carbocycles. The maximum atomic E-state index is 11.4. The molecule has 0 rings (SSSR count). The largest absolute Gasteiger partial charge is 0.460 e. The van der Waals surface area contributed by atoms with E-state index in [1.165, 1.54) is 0 Å². The lowest BCUT2D eigenvalue weighted by atomic mass is 10.2. The van der Waals surface area contributed by atoms with Crippen molar-refractivity contribution in [3.8, 4) is 0 Å². The fourth-order valence-corrected chi connectivity index (χ4v) is 1.35. The molecule has 0 aliphatic rings. The van der Waals surface area contributed by atoms with Gasteiger partial charge in [-0.3, -0.25) is 4.79 Å². The van der Waals surface area contributed by atoms with Crippen LogP contribution in [0.3, 0.4) is 0 Å². The summed E-state index contributed by atoms with van der Waals surface area (Å²) in [5.74, 6) is -0.739. The maximum Gasteiger partial charge on any atom is 0.330 e. The number of carbonyl (C=O) groups is 2. The van der Waals surface area contributed by atoms with Crippen LogP contribution in [0.5, 0.6) is 0 Å². The van der Waals surface area contributed by atoms with E-state index >= 15 is 0 Å². The summed E-state index contributed by atoms with van der Waals surface area (Å²) in [4.78, 5) is 22.1. The van der Waals surface area contributed by atoms with Crippen LogP contribution in [0.4, 0.5) is 0 Å². The number of hydrogen-bond acceptors (Lipinski definition) is 7. The summed E-state index contributed by atoms with van der Waals surface area (Å²) in [5, 5.41) is 0. The molecule has 0 amide bonds. The van der Waals surface area contributed by atoms with Gasteiger partial charge in [0.25, 0.3) is 0 Å². The fourth-order valence-electron chi connectivity index (χ4n) is 1.35. The molecule has 0 bridgehead atoms. The van der Waals surface area contributed by atoms with Crippen molar-refractivity contribution in [2.45, 2.75) is 32.8 Å². The van der Waals surface area contributed by atoms with Crippen LogP contribution in [-0.2, 0) is 33.3 Å². The highest BCUT2D eigenvalue weighted by Gasteiger charge is 2.15. The molecule has 0 aliphatic heterocycles. The quantitative estimate of drug-likeness (QED) is 0.287. The summed E-state index contributed by atoms with van der Waals surface area (Å²) in [6.07, 6.45) is 1.33. The summed E-state index contributed by atoms with van der Waals surface area (Å²) < 4.78 is 25.6. The van der Waals surface area contributed by atoms with Crippen molar-refractivity contribution in [3.63, 3.8) is 0 Å². The third-order valence-electron chi connectivity index (χ3n) is 2.25. The first kappa shape index (κ1) is 21.6. The maximum absolute atomic E-state index is 11.4. The van der Waals surface area contributed by atoms with Crippen LogP contribution in [0.15, 0.2) is 12.7 Å². The van der Waals surface area contributed by atoms with E-state index in [0.29, 0.717) is 39.6 Å². The van der Waals surface area contributed by atoms with E-state index in [9.17, 15) is 9.59 Å². The van der Waals surface area contributed by atoms with Crippen molar-refractivity contribution in [2.24, 2.45) is 0 Å². The standard InChI is InChI=1S/C16H28O7/c1-5-14(17)22-13-12-21-11-10-20-9-8-19-7-6-15(18)23-16(2,3)4/h5H,1,6-13H2,2-4H3. The molecule has 0 N–H and O–H groups in total. The number of rotatable bonds is 13. The second-order valence-electron chi connectivity index (χ2n) is 5.55. The highest BCUT2D eigenvalue weighted by molar-refractivity contribution is 5.81. The topological polar surface area (TPSA) is 80.3 Å². The van der Waals surface area contributed by atoms with E-state index in [1.807, 2.05) is 20.8 Å². The normalized spacial score (nSPS) is 11.1. The molecule has 0 heterocycles. The minimum Gasteiger partial charge on any atom is -0.460 e. The molecule has 0 unspecified atom stereocenters. The van der Waals surface area contributed by atoms with Gasteiger partial charge in [-0.1, -0.05) is 6.58 Å². The van der Waals surface area contributed by atoms with Crippen LogP contribution in [0.1, 0.15) is 27.2 Å². The summed E-state index contributed by atoms with van der Waals surface area (Å²) in [6.45, 7) is 11.2. The predicted octanol–water partition coefficient (Wildman–Crippen LogP) is 1.50. The SMILES string of the molecule is C=CC(=O)OCCOCCOCCOCCC(=O)OC(C)(C)C. The molecule has 0 spiro atoms. The molecule has 7 nitrogen and oxygen atoms in total. The van der Waals surface area contributed by atoms with E-state index in [4.69, 9.17) is 23.7 Å². The summed E-state index contributed by atoms with van der Waals surface area (Å²) in [5.41, 5.74) is -0.468. The van der Waals surface area contributed by atoms with Crippen molar-refractivity contribution < 1.29 is 33.3 Å². The Morgan fingerprint density at radius 3 is 1.83 bits per heavy atom. The minimum absolute atomic E-state index is 0.193. The Bertz CT molecular complexity index is 347. The number of hydrogen-bond donors (Lipinski definition) is 0. The number of ether oxygens (including phenoxy) is 5. The van der Waals surface area contributed by atoms with Crippen LogP contribution in [0.2, 0.25) is 0 Å². The molecule has 0 saturated heterocycles. The first-order valence-electron chi connectivity index (χ1n) is 7.59. The van der Waals surface area contributed by atoms with Crippen LogP contribution in [0.25, 0.3) is 0 Å². The third kappa shape index (κ3) is 16.8. The Kier molecular flexibility index (Phi) is 12.2. The van der Waals surface area contributed by atoms with Crippen LogP contribution in [0, 0.1) is 0 Å². The summed E-state index contributed by atoms with van der Waals surface area (Å²) in [6, 6.07) is 0. The van der Waals surface area contributed by atoms with Gasteiger partial charge in [-0.2, -0.15) is 0 Å². The fraction of sp³-hybridized carbons (Fsp3) is 0.750. The van der Waals surface area contributed by atoms with Gasteiger partial charge in [0.15, 0.2) is 0 Å². The second kappa shape index (κ2) is 13.0. The number of esters is 2. The van der Waals surface area contributed by atoms with Gasteiger partial charge >= 0.3 is 11.9 Å². The van der Waals surface area contributed by atoms with Gasteiger partial charge in [0.1, 0.15) is 12.2 Å². The Balaban J connectivity index is 3.23. The highest BCUT2D eigenvalue weighted by atomic mass is 16.6. The first-order valence-corrected chi connectivity index (χ1v) is 7.59. The van der Waals surface area contributed by atoms with Crippen molar-refractivity contribution in [1.82, 2.24) is 0 Å². The molecule has 23 heavy (non-hydrogen) atoms. The van der Waals surface area contributed by atoms with Gasteiger partial charge in [0.2, 0.25) is 0 Å². The van der Waals surface area contributed by atoms with Crippen LogP contribution in [-0.4, -0.2) is 63.8 Å². The molecular weight excluding hydrogens is 304 g/mol. The van der Waals surface area contributed by atoms with Crippen molar-refractivity contribution in [2.75, 3.05) is 46.2 Å². The zero-order chi connectivity index (χ0) is 17.6. The molecule has 7 heteroatoms. The average Bonchev–Trinajstić information content (AvgIpc) is 2.46. The molecule has 134 valence electrons. The number of carbonyl (C=O) groups excluding carboxylic acids is 2. The molecule has 0 fully saturated rings. The monoisotopic (exact) mass is 332 g/mol. The van der Waals surface area contributed by atoms with E-state index in [1.54, 1.807) is 0 Å². The van der Waals surface area contributed by atoms with E-state index in [2.05, 4.69) is 6.58 Å². The zero-order valence-electron chi connectivity index (χ0n) is 14.3. The molecular formula is C16H28O7. The Hall–Kier alpha value is -1.44. The average molecular weight is 332 g/mol. The lowest BCUT2D eigenvalue weighted by molar-refractivity contribution is -0.156. The van der Waals surface area contributed by atoms with E-state index in [0.717, 1.165) is 6.08 Å². The molecule has 0 saturated carbocycles. The van der Waals surface area contributed by atoms with Crippen molar-refractivity contribution in [3.05, 3.63) is 12.7 Å². The zero-order valence-corrected chi connectivity index (χ0v) is 14.3. The third-order valence-corrected chi connectivity index (χ3v) is 2.25. The van der Waals surface area contributed by atoms with E-state index < -0.39 is 11.6 Å². The predicted molar refractivity (Wildman–Crippen MR) is 84.1 cm³/mol. The van der Waals surface area contributed by atoms with Crippen molar-refractivity contribution >= 4 is 11.9 Å². The van der Waals surface area contributed by atoms with Gasteiger partial charge in [0, 0.05) is 6.08 Å². The Morgan fingerprint density at radius 1 is 0.870 bits per heavy atom. The highest BCUT2D eigenvalue weighted by Crippen LogP contribution is 2.07. The van der Waals surface area contributed by atoms with Gasteiger partial charge in [-0.05, 0) is 20.8 Å². The second-order valence-corrected chi connectivity index (χ2v) is 5.55. The summed E-state index contributed by atoms with van der Waals surface area (Å²) in [7, 11) is 0. The first-order chi connectivity index (χ1) is 10.8. The Labute approximate surface area is 137 Å². The van der Waals surface area contributed by atoms with Gasteiger partial charge < -0.3 is 23.7 Å². The van der Waals surface area contributed by atoms with Gasteiger partial charge in [0.05, 0.1) is 46.1 Å². The molecule has 0 radical (unpaired) electrons. The van der Waals surface area contributed by atoms with Crippen LogP contribution >= 0.6 is 0 Å². The molecule has 0 aliphatic carbocycles. The molecule has 0 atom stereocenters. The van der Waals surface area contributed by atoms with Gasteiger partial charge in [-0.15, -0.1) is 0 Å². The minimum atomic E-state index is -0.468. The van der Waals surface area contributed by atoms with E-state index in [-0.39, 0.29) is 19.0 Å². The van der Waals surface area contributed by atoms with Gasteiger partial charge in [-0.25, -0.2) is 4.79 Å². The molecule has 0 aromatic heterocycles. The van der Waals surface area contributed by atoms with Crippen LogP contribution < -0.4 is 0 Å². The lowest BCUT2D eigenvalue weighted by Gasteiger charge is -2.19. The molecule has 0 aromatic rings. The smallest absolute Gasteiger partial charge is 0.330 e. The summed E-state index contributed by atoms with van der Waals surface area (Å²) >= 11 is 0. The lowest BCUT2D eigenvalue weighted by Crippen LogP contribution is -2.24. The van der Waals surface area contributed by atoms with Crippen molar-refractivity contribution in [1.29, 1.82) is 0 Å². The Morgan fingerprint density at radius 2 is 1.35 bits per heavy atom.